The molecule has 0 amide bonds. The Morgan fingerprint density at radius 1 is 0.900 bits per heavy atom. The number of phenols is 1. The van der Waals surface area contributed by atoms with Crippen molar-refractivity contribution in [3.63, 3.8) is 0 Å². The summed E-state index contributed by atoms with van der Waals surface area (Å²) in [5, 5.41) is 13.6. The molecule has 0 radical (unpaired) electrons. The van der Waals surface area contributed by atoms with E-state index in [2.05, 4.69) is 50.4 Å². The largest absolute Gasteiger partial charge is 0.508 e. The second-order valence-electron chi connectivity index (χ2n) is 5.53. The first-order chi connectivity index (χ1) is 9.49. The van der Waals surface area contributed by atoms with Crippen molar-refractivity contribution in [2.45, 2.75) is 39.8 Å². The Bertz CT molecular complexity index is 592. The number of hydrogen-bond acceptors (Lipinski definition) is 2. The van der Waals surface area contributed by atoms with Gasteiger partial charge in [0.25, 0.3) is 0 Å². The van der Waals surface area contributed by atoms with E-state index in [0.29, 0.717) is 5.75 Å². The Morgan fingerprint density at radius 3 is 2.25 bits per heavy atom. The summed E-state index contributed by atoms with van der Waals surface area (Å²) in [7, 11) is 0. The van der Waals surface area contributed by atoms with Gasteiger partial charge in [-0.05, 0) is 44.9 Å². The fourth-order valence-corrected chi connectivity index (χ4v) is 2.65. The summed E-state index contributed by atoms with van der Waals surface area (Å²) in [6.07, 6.45) is 0. The second kappa shape index (κ2) is 6.10. The fourth-order valence-electron chi connectivity index (χ4n) is 2.65. The first kappa shape index (κ1) is 14.6. The third-order valence-corrected chi connectivity index (χ3v) is 3.80. The molecule has 2 heteroatoms. The lowest BCUT2D eigenvalue weighted by Gasteiger charge is -2.23. The van der Waals surface area contributed by atoms with E-state index >= 15 is 0 Å². The maximum Gasteiger partial charge on any atom is 0.120 e. The van der Waals surface area contributed by atoms with Crippen molar-refractivity contribution in [2.24, 2.45) is 0 Å². The summed E-state index contributed by atoms with van der Waals surface area (Å²) in [5.41, 5.74) is 4.69. The molecule has 20 heavy (non-hydrogen) atoms. The number of nitrogens with one attached hydrogen (secondary N) is 1. The molecule has 0 bridgehead atoms. The standard InChI is InChI=1S/C18H23NO/c1-12-9-10-18(20)17(11-12)15(4)19-14(3)16-8-6-5-7-13(16)2/h5-11,14-15,19-20H,1-4H3/t14-,15?/m1/s1. The van der Waals surface area contributed by atoms with Crippen LogP contribution in [0, 0.1) is 13.8 Å². The average molecular weight is 269 g/mol. The van der Waals surface area contributed by atoms with E-state index in [1.54, 1.807) is 6.07 Å². The highest BCUT2D eigenvalue weighted by molar-refractivity contribution is 5.38. The lowest BCUT2D eigenvalue weighted by molar-refractivity contribution is 0.438. The molecular weight excluding hydrogens is 246 g/mol. The molecule has 0 spiro atoms. The molecule has 0 aliphatic heterocycles. The number of benzene rings is 2. The first-order valence-electron chi connectivity index (χ1n) is 7.10. The Labute approximate surface area is 121 Å². The molecule has 0 saturated carbocycles. The average Bonchev–Trinajstić information content (AvgIpc) is 2.41. The quantitative estimate of drug-likeness (QED) is 0.861. The van der Waals surface area contributed by atoms with E-state index in [-0.39, 0.29) is 12.1 Å². The molecule has 2 rings (SSSR count). The van der Waals surface area contributed by atoms with Crippen molar-refractivity contribution in [3.8, 4) is 5.75 Å². The van der Waals surface area contributed by atoms with E-state index in [0.717, 1.165) is 11.1 Å². The first-order valence-corrected chi connectivity index (χ1v) is 7.10. The molecule has 0 saturated heterocycles. The van der Waals surface area contributed by atoms with Crippen LogP contribution in [0.5, 0.6) is 5.75 Å². The SMILES string of the molecule is Cc1ccc(O)c(C(C)N[C@H](C)c2ccccc2C)c1. The zero-order valence-electron chi connectivity index (χ0n) is 12.6. The lowest BCUT2D eigenvalue weighted by atomic mass is 9.99. The molecule has 1 unspecified atom stereocenters. The van der Waals surface area contributed by atoms with E-state index in [9.17, 15) is 5.11 Å². The Kier molecular flexibility index (Phi) is 4.46. The summed E-state index contributed by atoms with van der Waals surface area (Å²) in [6.45, 7) is 8.41. The second-order valence-corrected chi connectivity index (χ2v) is 5.53. The van der Waals surface area contributed by atoms with Gasteiger partial charge in [-0.25, -0.2) is 0 Å². The summed E-state index contributed by atoms with van der Waals surface area (Å²) in [4.78, 5) is 0. The van der Waals surface area contributed by atoms with Gasteiger partial charge in [0.05, 0.1) is 0 Å². The molecule has 106 valence electrons. The molecule has 2 aromatic carbocycles. The van der Waals surface area contributed by atoms with Gasteiger partial charge in [0, 0.05) is 17.6 Å². The molecule has 2 nitrogen and oxygen atoms in total. The lowest BCUT2D eigenvalue weighted by Crippen LogP contribution is -2.23. The predicted octanol–water partition coefficient (Wildman–Crippen LogP) is 4.42. The normalized spacial score (nSPS) is 14.0. The fraction of sp³-hybridized carbons (Fsp3) is 0.333. The van der Waals surface area contributed by atoms with Crippen LogP contribution in [0.25, 0.3) is 0 Å². The molecule has 0 aliphatic rings. The topological polar surface area (TPSA) is 32.3 Å². The van der Waals surface area contributed by atoms with Crippen LogP contribution in [0.4, 0.5) is 0 Å². The van der Waals surface area contributed by atoms with Crippen molar-refractivity contribution >= 4 is 0 Å². The van der Waals surface area contributed by atoms with Gasteiger partial charge in [-0.2, -0.15) is 0 Å². The summed E-state index contributed by atoms with van der Waals surface area (Å²) in [5.74, 6) is 0.354. The Balaban J connectivity index is 2.17. The van der Waals surface area contributed by atoms with Crippen LogP contribution < -0.4 is 5.32 Å². The summed E-state index contributed by atoms with van der Waals surface area (Å²) >= 11 is 0. The highest BCUT2D eigenvalue weighted by Crippen LogP contribution is 2.27. The van der Waals surface area contributed by atoms with Crippen molar-refractivity contribution in [1.29, 1.82) is 0 Å². The molecule has 0 aliphatic carbocycles. The third-order valence-electron chi connectivity index (χ3n) is 3.80. The number of phenolic OH excluding ortho intramolecular Hbond substituents is 1. The van der Waals surface area contributed by atoms with Crippen molar-refractivity contribution in [3.05, 3.63) is 64.7 Å². The maximum absolute atomic E-state index is 10.0. The maximum atomic E-state index is 10.0. The Hall–Kier alpha value is -1.80. The Morgan fingerprint density at radius 2 is 1.55 bits per heavy atom. The summed E-state index contributed by atoms with van der Waals surface area (Å²) < 4.78 is 0. The van der Waals surface area contributed by atoms with Crippen LogP contribution in [0.2, 0.25) is 0 Å². The van der Waals surface area contributed by atoms with Crippen molar-refractivity contribution in [1.82, 2.24) is 5.32 Å². The number of aromatic hydroxyl groups is 1. The predicted molar refractivity (Wildman–Crippen MR) is 84.0 cm³/mol. The van der Waals surface area contributed by atoms with Gasteiger partial charge < -0.3 is 10.4 Å². The molecule has 0 aromatic heterocycles. The molecule has 2 N–H and O–H groups in total. The van der Waals surface area contributed by atoms with Gasteiger partial charge in [-0.15, -0.1) is 0 Å². The van der Waals surface area contributed by atoms with Gasteiger partial charge in [0.15, 0.2) is 0 Å². The highest BCUT2D eigenvalue weighted by atomic mass is 16.3. The van der Waals surface area contributed by atoms with E-state index in [1.165, 1.54) is 11.1 Å². The van der Waals surface area contributed by atoms with Gasteiger partial charge in [0.2, 0.25) is 0 Å². The van der Waals surface area contributed by atoms with Gasteiger partial charge in [0.1, 0.15) is 5.75 Å². The van der Waals surface area contributed by atoms with Gasteiger partial charge in [-0.3, -0.25) is 0 Å². The minimum Gasteiger partial charge on any atom is -0.508 e. The molecule has 2 atom stereocenters. The van der Waals surface area contributed by atoms with Crippen LogP contribution in [0.3, 0.4) is 0 Å². The third kappa shape index (κ3) is 3.20. The van der Waals surface area contributed by atoms with Crippen LogP contribution in [-0.2, 0) is 0 Å². The minimum atomic E-state index is 0.101. The summed E-state index contributed by atoms with van der Waals surface area (Å²) in [6, 6.07) is 14.5. The van der Waals surface area contributed by atoms with Gasteiger partial charge >= 0.3 is 0 Å². The van der Waals surface area contributed by atoms with Crippen molar-refractivity contribution < 1.29 is 5.11 Å². The van der Waals surface area contributed by atoms with E-state index in [4.69, 9.17) is 0 Å². The van der Waals surface area contributed by atoms with Crippen molar-refractivity contribution in [2.75, 3.05) is 0 Å². The number of hydrogen-bond donors (Lipinski definition) is 2. The molecule has 2 aromatic rings. The molecule has 0 heterocycles. The van der Waals surface area contributed by atoms with Crippen LogP contribution in [-0.4, -0.2) is 5.11 Å². The van der Waals surface area contributed by atoms with Crippen LogP contribution >= 0.6 is 0 Å². The van der Waals surface area contributed by atoms with Crippen LogP contribution in [0.1, 0.15) is 48.2 Å². The van der Waals surface area contributed by atoms with Gasteiger partial charge in [-0.1, -0.05) is 42.0 Å². The van der Waals surface area contributed by atoms with Crippen LogP contribution in [0.15, 0.2) is 42.5 Å². The smallest absolute Gasteiger partial charge is 0.120 e. The molecular formula is C18H23NO. The molecule has 0 fully saturated rings. The highest BCUT2D eigenvalue weighted by Gasteiger charge is 2.15. The minimum absolute atomic E-state index is 0.101. The number of rotatable bonds is 4. The monoisotopic (exact) mass is 269 g/mol. The zero-order chi connectivity index (χ0) is 14.7. The zero-order valence-corrected chi connectivity index (χ0v) is 12.6. The van der Waals surface area contributed by atoms with E-state index < -0.39 is 0 Å². The van der Waals surface area contributed by atoms with E-state index in [1.807, 2.05) is 19.1 Å². The number of aryl methyl sites for hydroxylation is 2.